The quantitative estimate of drug-likeness (QED) is 0.574. The Morgan fingerprint density at radius 3 is 2.41 bits per heavy atom. The highest BCUT2D eigenvalue weighted by Crippen LogP contribution is 2.21. The molecule has 0 unspecified atom stereocenters. The fraction of sp³-hybridized carbons (Fsp3) is 0.316. The Kier molecular flexibility index (Phi) is 7.20. The molecule has 0 atom stereocenters. The highest BCUT2D eigenvalue weighted by atomic mass is 32.2. The number of carbonyl (C=O) groups is 1. The van der Waals surface area contributed by atoms with Gasteiger partial charge in [0.25, 0.3) is 0 Å². The molecule has 146 valence electrons. The fourth-order valence-corrected chi connectivity index (χ4v) is 3.54. The maximum atomic E-state index is 12.5. The van der Waals surface area contributed by atoms with Gasteiger partial charge in [0.15, 0.2) is 0 Å². The van der Waals surface area contributed by atoms with Crippen molar-refractivity contribution >= 4 is 21.7 Å². The third-order valence-corrected chi connectivity index (χ3v) is 5.42. The molecule has 3 N–H and O–H groups in total. The van der Waals surface area contributed by atoms with Gasteiger partial charge in [-0.25, -0.2) is 17.9 Å². The van der Waals surface area contributed by atoms with E-state index < -0.39 is 16.0 Å². The van der Waals surface area contributed by atoms with Crippen LogP contribution in [0.3, 0.4) is 0 Å². The molecule has 2 aromatic carbocycles. The van der Waals surface area contributed by atoms with E-state index in [0.717, 1.165) is 17.7 Å². The lowest BCUT2D eigenvalue weighted by Crippen LogP contribution is -2.26. The minimum atomic E-state index is -3.80. The molecule has 27 heavy (non-hydrogen) atoms. The molecule has 7 nitrogen and oxygen atoms in total. The van der Waals surface area contributed by atoms with Crippen LogP contribution in [0.25, 0.3) is 0 Å². The van der Waals surface area contributed by atoms with E-state index >= 15 is 0 Å². The van der Waals surface area contributed by atoms with E-state index in [-0.39, 0.29) is 17.0 Å². The summed E-state index contributed by atoms with van der Waals surface area (Å²) in [6, 6.07) is 11.4. The van der Waals surface area contributed by atoms with Gasteiger partial charge in [0, 0.05) is 18.8 Å². The van der Waals surface area contributed by atoms with Gasteiger partial charge >= 0.3 is 5.97 Å². The molecule has 0 saturated carbocycles. The summed E-state index contributed by atoms with van der Waals surface area (Å²) in [5.41, 5.74) is 1.30. The van der Waals surface area contributed by atoms with Crippen LogP contribution >= 0.6 is 0 Å². The minimum absolute atomic E-state index is 0.0681. The second kappa shape index (κ2) is 9.38. The molecule has 0 amide bonds. The summed E-state index contributed by atoms with van der Waals surface area (Å²) in [5.74, 6) is -0.443. The summed E-state index contributed by atoms with van der Waals surface area (Å²) in [6.45, 7) is 2.76. The zero-order valence-corrected chi connectivity index (χ0v) is 16.2. The van der Waals surface area contributed by atoms with Crippen LogP contribution in [0.4, 0.5) is 5.69 Å². The summed E-state index contributed by atoms with van der Waals surface area (Å²) < 4.78 is 32.6. The van der Waals surface area contributed by atoms with Crippen molar-refractivity contribution in [3.8, 4) is 5.75 Å². The van der Waals surface area contributed by atoms with Crippen molar-refractivity contribution in [1.82, 2.24) is 4.72 Å². The molecule has 0 saturated heterocycles. The minimum Gasteiger partial charge on any atom is -0.497 e. The lowest BCUT2D eigenvalue weighted by atomic mass is 10.1. The predicted molar refractivity (Wildman–Crippen MR) is 104 cm³/mol. The van der Waals surface area contributed by atoms with Crippen LogP contribution in [0.15, 0.2) is 47.4 Å². The molecule has 0 aliphatic rings. The normalized spacial score (nSPS) is 11.2. The largest absolute Gasteiger partial charge is 0.497 e. The summed E-state index contributed by atoms with van der Waals surface area (Å²) in [4.78, 5) is 11.4. The summed E-state index contributed by atoms with van der Waals surface area (Å²) in [5, 5.41) is 12.3. The number of carboxylic acid groups (broad SMARTS) is 1. The first-order valence-corrected chi connectivity index (χ1v) is 10.1. The number of ether oxygens (including phenoxy) is 1. The first-order chi connectivity index (χ1) is 12.9. The van der Waals surface area contributed by atoms with Crippen molar-refractivity contribution in [2.45, 2.75) is 24.7 Å². The Hall–Kier alpha value is -2.58. The van der Waals surface area contributed by atoms with Crippen LogP contribution < -0.4 is 14.8 Å². The Bertz CT molecular complexity index is 879. The van der Waals surface area contributed by atoms with E-state index in [0.29, 0.717) is 18.7 Å². The smallest absolute Gasteiger partial charge is 0.337 e. The monoisotopic (exact) mass is 392 g/mol. The third kappa shape index (κ3) is 5.70. The lowest BCUT2D eigenvalue weighted by molar-refractivity contribution is 0.0697. The maximum Gasteiger partial charge on any atom is 0.337 e. The van der Waals surface area contributed by atoms with Crippen molar-refractivity contribution in [1.29, 1.82) is 0 Å². The molecule has 8 heteroatoms. The topological polar surface area (TPSA) is 105 Å². The van der Waals surface area contributed by atoms with Gasteiger partial charge in [0.1, 0.15) is 5.75 Å². The first kappa shape index (κ1) is 20.7. The van der Waals surface area contributed by atoms with Gasteiger partial charge < -0.3 is 15.2 Å². The van der Waals surface area contributed by atoms with Crippen LogP contribution in [0.1, 0.15) is 29.3 Å². The Morgan fingerprint density at radius 1 is 1.11 bits per heavy atom. The van der Waals surface area contributed by atoms with Gasteiger partial charge in [-0.2, -0.15) is 0 Å². The summed E-state index contributed by atoms with van der Waals surface area (Å²) in [6.07, 6.45) is 1.33. The zero-order chi connectivity index (χ0) is 19.9. The highest BCUT2D eigenvalue weighted by Gasteiger charge is 2.18. The molecular formula is C19H24N2O5S. The number of hydrogen-bond donors (Lipinski definition) is 3. The SMILES string of the molecule is CCCNc1ccc(S(=O)(=O)NCCc2ccc(OC)cc2)cc1C(=O)O. The molecule has 0 aliphatic heterocycles. The van der Waals surface area contributed by atoms with Crippen molar-refractivity contribution < 1.29 is 23.1 Å². The molecule has 0 radical (unpaired) electrons. The Labute approximate surface area is 159 Å². The fourth-order valence-electron chi connectivity index (χ4n) is 2.49. The number of benzene rings is 2. The van der Waals surface area contributed by atoms with Crippen LogP contribution in [-0.2, 0) is 16.4 Å². The van der Waals surface area contributed by atoms with E-state index in [2.05, 4.69) is 10.0 Å². The Morgan fingerprint density at radius 2 is 1.81 bits per heavy atom. The average Bonchev–Trinajstić information content (AvgIpc) is 2.66. The van der Waals surface area contributed by atoms with E-state index in [1.807, 2.05) is 31.2 Å². The highest BCUT2D eigenvalue weighted by molar-refractivity contribution is 7.89. The molecule has 0 aromatic heterocycles. The van der Waals surface area contributed by atoms with Gasteiger partial charge in [0.2, 0.25) is 10.0 Å². The number of hydrogen-bond acceptors (Lipinski definition) is 5. The molecule has 0 heterocycles. The molecule has 0 bridgehead atoms. The molecule has 2 aromatic rings. The van der Waals surface area contributed by atoms with Crippen LogP contribution in [-0.4, -0.2) is 39.7 Å². The number of aromatic carboxylic acids is 1. The number of sulfonamides is 1. The molecule has 0 aliphatic carbocycles. The van der Waals surface area contributed by atoms with Gasteiger partial charge in [0.05, 0.1) is 17.6 Å². The van der Waals surface area contributed by atoms with E-state index in [1.165, 1.54) is 18.2 Å². The lowest BCUT2D eigenvalue weighted by Gasteiger charge is -2.12. The first-order valence-electron chi connectivity index (χ1n) is 8.61. The molecule has 0 fully saturated rings. The standard InChI is InChI=1S/C19H24N2O5S/c1-3-11-20-18-9-8-16(13-17(18)19(22)23)27(24,25)21-12-10-14-4-6-15(26-2)7-5-14/h4-9,13,20-21H,3,10-12H2,1-2H3,(H,22,23). The Balaban J connectivity index is 2.08. The van der Waals surface area contributed by atoms with Crippen LogP contribution in [0.2, 0.25) is 0 Å². The van der Waals surface area contributed by atoms with Crippen molar-refractivity contribution in [3.05, 3.63) is 53.6 Å². The number of anilines is 1. The summed E-state index contributed by atoms with van der Waals surface area (Å²) >= 11 is 0. The zero-order valence-electron chi connectivity index (χ0n) is 15.4. The second-order valence-electron chi connectivity index (χ2n) is 5.94. The number of nitrogens with one attached hydrogen (secondary N) is 2. The van der Waals surface area contributed by atoms with Gasteiger partial charge in [-0.1, -0.05) is 19.1 Å². The molecular weight excluding hydrogens is 368 g/mol. The van der Waals surface area contributed by atoms with Gasteiger partial charge in [-0.15, -0.1) is 0 Å². The van der Waals surface area contributed by atoms with E-state index in [1.54, 1.807) is 7.11 Å². The van der Waals surface area contributed by atoms with E-state index in [4.69, 9.17) is 4.74 Å². The number of carboxylic acids is 1. The van der Waals surface area contributed by atoms with Crippen LogP contribution in [0.5, 0.6) is 5.75 Å². The average molecular weight is 392 g/mol. The third-order valence-electron chi connectivity index (χ3n) is 3.96. The molecule has 2 rings (SSSR count). The summed E-state index contributed by atoms with van der Waals surface area (Å²) in [7, 11) is -2.22. The second-order valence-corrected chi connectivity index (χ2v) is 7.70. The van der Waals surface area contributed by atoms with Crippen molar-refractivity contribution in [2.75, 3.05) is 25.5 Å². The number of methoxy groups -OCH3 is 1. The predicted octanol–water partition coefficient (Wildman–Crippen LogP) is 2.74. The maximum absolute atomic E-state index is 12.5. The number of rotatable bonds is 10. The van der Waals surface area contributed by atoms with Gasteiger partial charge in [-0.05, 0) is 48.7 Å². The van der Waals surface area contributed by atoms with Crippen molar-refractivity contribution in [2.24, 2.45) is 0 Å². The van der Waals surface area contributed by atoms with Gasteiger partial charge in [-0.3, -0.25) is 0 Å². The van der Waals surface area contributed by atoms with Crippen molar-refractivity contribution in [3.63, 3.8) is 0 Å². The van der Waals surface area contributed by atoms with Crippen LogP contribution in [0, 0.1) is 0 Å². The van der Waals surface area contributed by atoms with E-state index in [9.17, 15) is 18.3 Å². The molecule has 0 spiro atoms.